The normalized spacial score (nSPS) is 38.9. The van der Waals surface area contributed by atoms with Crippen LogP contribution in [0.15, 0.2) is 0 Å². The van der Waals surface area contributed by atoms with Crippen molar-refractivity contribution in [2.45, 2.75) is 65.3 Å². The maximum Gasteiger partial charge on any atom is 0.230 e. The van der Waals surface area contributed by atoms with E-state index in [0.29, 0.717) is 29.3 Å². The molecule has 2 aliphatic carbocycles. The number of carbonyl (C=O) groups excluding carboxylic acids is 1. The van der Waals surface area contributed by atoms with E-state index in [-0.39, 0.29) is 5.41 Å². The molecule has 3 rings (SSSR count). The molecular weight excluding hydrogens is 236 g/mol. The number of hydrogen-bond acceptors (Lipinski definition) is 2. The van der Waals surface area contributed by atoms with Crippen molar-refractivity contribution in [3.05, 3.63) is 0 Å². The Morgan fingerprint density at radius 1 is 1.26 bits per heavy atom. The lowest BCUT2D eigenvalue weighted by molar-refractivity contribution is -0.148. The molecule has 3 fully saturated rings. The van der Waals surface area contributed by atoms with E-state index in [2.05, 4.69) is 25.7 Å². The van der Waals surface area contributed by atoms with Gasteiger partial charge in [-0.1, -0.05) is 27.2 Å². The van der Waals surface area contributed by atoms with Crippen LogP contribution in [0.4, 0.5) is 0 Å². The number of hydrogen-bond donors (Lipinski definition) is 1. The molecule has 19 heavy (non-hydrogen) atoms. The molecule has 0 aromatic carbocycles. The predicted octanol–water partition coefficient (Wildman–Crippen LogP) is 2.54. The summed E-state index contributed by atoms with van der Waals surface area (Å²) in [6.45, 7) is 8.57. The molecule has 1 aliphatic heterocycles. The molecule has 0 radical (unpaired) electrons. The van der Waals surface area contributed by atoms with Crippen molar-refractivity contribution in [1.29, 1.82) is 0 Å². The second-order valence-corrected chi connectivity index (χ2v) is 8.48. The van der Waals surface area contributed by atoms with Crippen LogP contribution in [0.2, 0.25) is 0 Å². The van der Waals surface area contributed by atoms with Gasteiger partial charge < -0.3 is 10.6 Å². The summed E-state index contributed by atoms with van der Waals surface area (Å²) in [5.74, 6) is 0.368. The number of nitrogens with two attached hydrogens (primary N) is 1. The van der Waals surface area contributed by atoms with Crippen LogP contribution in [0, 0.1) is 16.2 Å². The summed E-state index contributed by atoms with van der Waals surface area (Å²) in [6.07, 6.45) is 6.79. The van der Waals surface area contributed by atoms with E-state index in [1.165, 1.54) is 19.3 Å². The van der Waals surface area contributed by atoms with Crippen molar-refractivity contribution in [2.75, 3.05) is 13.1 Å². The van der Waals surface area contributed by atoms with Gasteiger partial charge in [-0.2, -0.15) is 0 Å². The van der Waals surface area contributed by atoms with Crippen molar-refractivity contribution in [1.82, 2.24) is 4.90 Å². The van der Waals surface area contributed by atoms with Gasteiger partial charge in [0.15, 0.2) is 0 Å². The SMILES string of the molecule is CC1(C)CC2CC(C)(CN2C(=O)C2(CN)CCC2)C1. The van der Waals surface area contributed by atoms with Crippen LogP contribution in [0.1, 0.15) is 59.3 Å². The van der Waals surface area contributed by atoms with Crippen molar-refractivity contribution in [3.8, 4) is 0 Å². The Labute approximate surface area is 116 Å². The molecular formula is C16H28N2O. The van der Waals surface area contributed by atoms with E-state index in [4.69, 9.17) is 5.73 Å². The summed E-state index contributed by atoms with van der Waals surface area (Å²) in [6, 6.07) is 0.463. The molecule has 3 nitrogen and oxygen atoms in total. The van der Waals surface area contributed by atoms with Gasteiger partial charge in [0.2, 0.25) is 5.91 Å². The third-order valence-electron chi connectivity index (χ3n) is 5.83. The second-order valence-electron chi connectivity index (χ2n) is 8.48. The lowest BCUT2D eigenvalue weighted by atomic mass is 9.65. The first-order chi connectivity index (χ1) is 8.79. The molecule has 3 heteroatoms. The molecule has 3 aliphatic rings. The van der Waals surface area contributed by atoms with Gasteiger partial charge in [0.05, 0.1) is 5.41 Å². The number of amides is 1. The summed E-state index contributed by atoms with van der Waals surface area (Å²) < 4.78 is 0. The van der Waals surface area contributed by atoms with Crippen LogP contribution in [0.25, 0.3) is 0 Å². The molecule has 2 atom stereocenters. The molecule has 108 valence electrons. The zero-order valence-electron chi connectivity index (χ0n) is 12.7. The Hall–Kier alpha value is -0.570. The van der Waals surface area contributed by atoms with Crippen LogP contribution in [-0.2, 0) is 4.79 Å². The number of nitrogens with zero attached hydrogens (tertiary/aromatic N) is 1. The highest BCUT2D eigenvalue weighted by atomic mass is 16.2. The van der Waals surface area contributed by atoms with E-state index in [1.54, 1.807) is 0 Å². The summed E-state index contributed by atoms with van der Waals surface area (Å²) >= 11 is 0. The van der Waals surface area contributed by atoms with Crippen LogP contribution < -0.4 is 5.73 Å². The highest BCUT2D eigenvalue weighted by Crippen LogP contribution is 2.54. The highest BCUT2D eigenvalue weighted by Gasteiger charge is 2.55. The van der Waals surface area contributed by atoms with E-state index >= 15 is 0 Å². The molecule has 1 heterocycles. The van der Waals surface area contributed by atoms with Gasteiger partial charge in [0, 0.05) is 19.1 Å². The summed E-state index contributed by atoms with van der Waals surface area (Å²) in [7, 11) is 0. The average molecular weight is 264 g/mol. The molecule has 0 aromatic rings. The minimum Gasteiger partial charge on any atom is -0.339 e. The lowest BCUT2D eigenvalue weighted by Crippen LogP contribution is -2.53. The van der Waals surface area contributed by atoms with Gasteiger partial charge in [-0.25, -0.2) is 0 Å². The smallest absolute Gasteiger partial charge is 0.230 e. The second kappa shape index (κ2) is 3.97. The molecule has 1 amide bonds. The van der Waals surface area contributed by atoms with Gasteiger partial charge in [0.1, 0.15) is 0 Å². The summed E-state index contributed by atoms with van der Waals surface area (Å²) in [5, 5.41) is 0. The van der Waals surface area contributed by atoms with Crippen LogP contribution in [0.5, 0.6) is 0 Å². The molecule has 0 spiro atoms. The van der Waals surface area contributed by atoms with Gasteiger partial charge >= 0.3 is 0 Å². The molecule has 0 aromatic heterocycles. The predicted molar refractivity (Wildman–Crippen MR) is 76.6 cm³/mol. The van der Waals surface area contributed by atoms with Crippen molar-refractivity contribution < 1.29 is 4.79 Å². The van der Waals surface area contributed by atoms with Crippen molar-refractivity contribution in [3.63, 3.8) is 0 Å². The van der Waals surface area contributed by atoms with Crippen molar-refractivity contribution >= 4 is 5.91 Å². The summed E-state index contributed by atoms with van der Waals surface area (Å²) in [5.41, 5.74) is 6.43. The summed E-state index contributed by atoms with van der Waals surface area (Å²) in [4.78, 5) is 15.1. The first kappa shape index (κ1) is 13.4. The Morgan fingerprint density at radius 2 is 1.95 bits per heavy atom. The molecule has 2 unspecified atom stereocenters. The maximum atomic E-state index is 12.9. The van der Waals surface area contributed by atoms with Crippen LogP contribution in [0.3, 0.4) is 0 Å². The highest BCUT2D eigenvalue weighted by molar-refractivity contribution is 5.84. The van der Waals surface area contributed by atoms with Gasteiger partial charge in [-0.3, -0.25) is 4.79 Å². The average Bonchev–Trinajstić information content (AvgIpc) is 2.46. The van der Waals surface area contributed by atoms with E-state index in [1.807, 2.05) is 0 Å². The van der Waals surface area contributed by atoms with Crippen LogP contribution >= 0.6 is 0 Å². The van der Waals surface area contributed by atoms with Gasteiger partial charge in [-0.05, 0) is 42.9 Å². The number of rotatable bonds is 2. The zero-order valence-corrected chi connectivity index (χ0v) is 12.7. The van der Waals surface area contributed by atoms with Gasteiger partial charge in [0.25, 0.3) is 0 Å². The Morgan fingerprint density at radius 3 is 2.47 bits per heavy atom. The minimum atomic E-state index is -0.196. The maximum absolute atomic E-state index is 12.9. The molecule has 2 bridgehead atoms. The first-order valence-electron chi connectivity index (χ1n) is 7.81. The van der Waals surface area contributed by atoms with Gasteiger partial charge in [-0.15, -0.1) is 0 Å². The lowest BCUT2D eigenvalue weighted by Gasteiger charge is -2.44. The topological polar surface area (TPSA) is 46.3 Å². The fourth-order valence-corrected chi connectivity index (χ4v) is 5.11. The number of fused-ring (bicyclic) bond motifs is 2. The van der Waals surface area contributed by atoms with E-state index in [9.17, 15) is 4.79 Å². The van der Waals surface area contributed by atoms with E-state index in [0.717, 1.165) is 25.8 Å². The molecule has 1 saturated heterocycles. The first-order valence-corrected chi connectivity index (χ1v) is 7.81. The largest absolute Gasteiger partial charge is 0.339 e. The van der Waals surface area contributed by atoms with Crippen LogP contribution in [-0.4, -0.2) is 29.9 Å². The molecule has 2 saturated carbocycles. The third-order valence-corrected chi connectivity index (χ3v) is 5.83. The zero-order chi connectivity index (χ0) is 13.9. The molecule has 2 N–H and O–H groups in total. The number of likely N-dealkylation sites (tertiary alicyclic amines) is 1. The fraction of sp³-hybridized carbons (Fsp3) is 0.938. The van der Waals surface area contributed by atoms with Crippen molar-refractivity contribution in [2.24, 2.45) is 22.0 Å². The Bertz CT molecular complexity index is 394. The Balaban J connectivity index is 1.82. The number of carbonyl (C=O) groups is 1. The third kappa shape index (κ3) is 2.01. The monoisotopic (exact) mass is 264 g/mol. The standard InChI is InChI=1S/C16H28N2O/c1-14(2)7-12-8-15(3,9-14)11-18(12)13(19)16(10-17)5-4-6-16/h12H,4-11,17H2,1-3H3. The minimum absolute atomic E-state index is 0.196. The van der Waals surface area contributed by atoms with E-state index < -0.39 is 0 Å². The quantitative estimate of drug-likeness (QED) is 0.833. The fourth-order valence-electron chi connectivity index (χ4n) is 5.11. The Kier molecular flexibility index (Phi) is 2.80.